The molecule has 0 spiro atoms. The Bertz CT molecular complexity index is 1440. The van der Waals surface area contributed by atoms with E-state index >= 15 is 0 Å². The molecule has 0 saturated carbocycles. The van der Waals surface area contributed by atoms with Gasteiger partial charge in [0.2, 0.25) is 5.91 Å². The average molecular weight is 631 g/mol. The van der Waals surface area contributed by atoms with Crippen molar-refractivity contribution in [3.05, 3.63) is 76.8 Å². The van der Waals surface area contributed by atoms with Crippen molar-refractivity contribution in [2.24, 2.45) is 5.92 Å². The van der Waals surface area contributed by atoms with Gasteiger partial charge in [-0.15, -0.1) is 11.3 Å². The number of Topliss-reactive ketones (excluding diaryl/α,β-unsaturated/α-hetero) is 2. The van der Waals surface area contributed by atoms with E-state index in [0.717, 1.165) is 53.4 Å². The van der Waals surface area contributed by atoms with Crippen LogP contribution in [0.1, 0.15) is 74.9 Å². The van der Waals surface area contributed by atoms with Crippen LogP contribution in [0.25, 0.3) is 10.2 Å². The number of nitrogens with one attached hydrogen (secondary N) is 1. The van der Waals surface area contributed by atoms with E-state index in [2.05, 4.69) is 54.7 Å². The molecule has 7 nitrogen and oxygen atoms in total. The molecule has 1 aliphatic heterocycles. The fraction of sp³-hybridized carbons (Fsp3) is 0.514. The summed E-state index contributed by atoms with van der Waals surface area (Å²) in [5.74, 6) is -0.105. The molecule has 0 radical (unpaired) electrons. The number of amides is 1. The molecule has 1 aliphatic rings. The molecule has 1 amide bonds. The third-order valence-corrected chi connectivity index (χ3v) is 9.75. The molecule has 1 saturated heterocycles. The maximum absolute atomic E-state index is 13.9. The first-order chi connectivity index (χ1) is 21.6. The first-order valence-corrected chi connectivity index (χ1v) is 17.3. The number of carbonyl (C=O) groups excluding carboxylic acids is 3. The summed E-state index contributed by atoms with van der Waals surface area (Å²) < 4.78 is 1.10. The summed E-state index contributed by atoms with van der Waals surface area (Å²) in [6.07, 6.45) is 3.25. The molecule has 3 aromatic rings. The first-order valence-electron chi connectivity index (χ1n) is 16.5. The molecule has 0 unspecified atom stereocenters. The number of thiazole rings is 1. The van der Waals surface area contributed by atoms with Crippen molar-refractivity contribution in [2.75, 3.05) is 39.8 Å². The highest BCUT2D eigenvalue weighted by molar-refractivity contribution is 7.18. The zero-order chi connectivity index (χ0) is 32.3. The lowest BCUT2D eigenvalue weighted by atomic mass is 9.94. The van der Waals surface area contributed by atoms with Crippen LogP contribution >= 0.6 is 11.3 Å². The van der Waals surface area contributed by atoms with Crippen LogP contribution in [-0.2, 0) is 27.2 Å². The molecule has 2 atom stereocenters. The van der Waals surface area contributed by atoms with Gasteiger partial charge in [0.25, 0.3) is 0 Å². The minimum atomic E-state index is -0.518. The van der Waals surface area contributed by atoms with E-state index in [1.165, 1.54) is 5.56 Å². The minimum absolute atomic E-state index is 0.0474. The van der Waals surface area contributed by atoms with Gasteiger partial charge in [0, 0.05) is 70.0 Å². The van der Waals surface area contributed by atoms with Crippen LogP contribution in [0.4, 0.5) is 0 Å². The molecule has 0 aliphatic carbocycles. The van der Waals surface area contributed by atoms with E-state index in [9.17, 15) is 14.4 Å². The average Bonchev–Trinajstić information content (AvgIpc) is 3.42. The van der Waals surface area contributed by atoms with Gasteiger partial charge in [0.1, 0.15) is 5.78 Å². The van der Waals surface area contributed by atoms with E-state index in [0.29, 0.717) is 50.1 Å². The lowest BCUT2D eigenvalue weighted by Crippen LogP contribution is -2.45. The summed E-state index contributed by atoms with van der Waals surface area (Å²) >= 11 is 1.60. The standard InChI is InChI=1S/C37H50N4O3S/c1-6-10-32(42)22-30(24-36-39-33-15-13-29(26(2)3)23-35(33)45-36)37(44)38-31(21-28-11-8-7-9-12-28)14-16-34(43)27(4)25-41-19-17-40(5)18-20-41/h7-9,11-13,15,23,26,30-31H,4,6,10,14,16-22,24-25H2,1-3,5H3,(H,38,44)/t30-,31+/m0/s1. The molecule has 0 bridgehead atoms. The van der Waals surface area contributed by atoms with Crippen LogP contribution in [0, 0.1) is 5.92 Å². The lowest BCUT2D eigenvalue weighted by Gasteiger charge is -2.32. The van der Waals surface area contributed by atoms with Crippen LogP contribution in [0.15, 0.2) is 60.7 Å². The predicted molar refractivity (Wildman–Crippen MR) is 185 cm³/mol. The van der Waals surface area contributed by atoms with Gasteiger partial charge in [-0.25, -0.2) is 4.98 Å². The van der Waals surface area contributed by atoms with Gasteiger partial charge in [-0.1, -0.05) is 63.7 Å². The fourth-order valence-electron chi connectivity index (χ4n) is 5.85. The van der Waals surface area contributed by atoms with Gasteiger partial charge in [0.15, 0.2) is 5.78 Å². The summed E-state index contributed by atoms with van der Waals surface area (Å²) in [5.41, 5.74) is 3.91. The maximum atomic E-state index is 13.9. The molecular weight excluding hydrogens is 580 g/mol. The second-order valence-corrected chi connectivity index (χ2v) is 14.0. The third kappa shape index (κ3) is 10.7. The summed E-state index contributed by atoms with van der Waals surface area (Å²) in [6.45, 7) is 14.9. The van der Waals surface area contributed by atoms with Crippen molar-refractivity contribution < 1.29 is 14.4 Å². The second-order valence-electron chi connectivity index (χ2n) is 12.9. The Morgan fingerprint density at radius 3 is 2.42 bits per heavy atom. The Kier molecular flexibility index (Phi) is 13.0. The molecular formula is C37H50N4O3S. The molecule has 45 heavy (non-hydrogen) atoms. The Balaban J connectivity index is 1.46. The smallest absolute Gasteiger partial charge is 0.224 e. The van der Waals surface area contributed by atoms with Gasteiger partial charge in [-0.2, -0.15) is 0 Å². The largest absolute Gasteiger partial charge is 0.353 e. The quantitative estimate of drug-likeness (QED) is 0.179. The highest BCUT2D eigenvalue weighted by Gasteiger charge is 2.27. The Hall–Kier alpha value is -3.20. The van der Waals surface area contributed by atoms with Crippen molar-refractivity contribution in [3.8, 4) is 0 Å². The van der Waals surface area contributed by atoms with Gasteiger partial charge in [0.05, 0.1) is 21.1 Å². The van der Waals surface area contributed by atoms with Crippen LogP contribution in [-0.4, -0.2) is 78.1 Å². The lowest BCUT2D eigenvalue weighted by molar-refractivity contribution is -0.130. The van der Waals surface area contributed by atoms with E-state index in [-0.39, 0.29) is 29.9 Å². The molecule has 1 N–H and O–H groups in total. The number of hydrogen-bond donors (Lipinski definition) is 1. The monoisotopic (exact) mass is 630 g/mol. The fourth-order valence-corrected chi connectivity index (χ4v) is 6.94. The molecule has 4 rings (SSSR count). The Morgan fingerprint density at radius 1 is 1.00 bits per heavy atom. The number of likely N-dealkylation sites (N-methyl/N-ethyl adjacent to an activating group) is 1. The van der Waals surface area contributed by atoms with Crippen molar-refractivity contribution in [2.45, 2.75) is 77.7 Å². The highest BCUT2D eigenvalue weighted by Crippen LogP contribution is 2.28. The second kappa shape index (κ2) is 16.9. The summed E-state index contributed by atoms with van der Waals surface area (Å²) in [6, 6.07) is 16.1. The summed E-state index contributed by atoms with van der Waals surface area (Å²) in [4.78, 5) is 49.3. The Labute approximate surface area is 273 Å². The number of ketones is 2. The minimum Gasteiger partial charge on any atom is -0.353 e. The number of piperazine rings is 1. The van der Waals surface area contributed by atoms with Crippen molar-refractivity contribution >= 4 is 39.0 Å². The number of carbonyl (C=O) groups is 3. The number of benzene rings is 2. The number of nitrogens with zero attached hydrogens (tertiary/aromatic N) is 3. The molecule has 1 aromatic heterocycles. The maximum Gasteiger partial charge on any atom is 0.224 e. The molecule has 2 heterocycles. The SMILES string of the molecule is C=C(CN1CCN(C)CC1)C(=O)CC[C@H](Cc1ccccc1)NC(=O)[C@@H](CC(=O)CCC)Cc1nc2ccc(C(C)C)cc2s1. The van der Waals surface area contributed by atoms with Crippen molar-refractivity contribution in [1.82, 2.24) is 20.1 Å². The zero-order valence-corrected chi connectivity index (χ0v) is 28.3. The third-order valence-electron chi connectivity index (χ3n) is 8.71. The first kappa shape index (κ1) is 34.7. The topological polar surface area (TPSA) is 82.6 Å². The molecule has 8 heteroatoms. The van der Waals surface area contributed by atoms with E-state index in [1.807, 2.05) is 43.3 Å². The Morgan fingerprint density at radius 2 is 1.73 bits per heavy atom. The molecule has 1 fully saturated rings. The van der Waals surface area contributed by atoms with E-state index in [1.54, 1.807) is 11.3 Å². The van der Waals surface area contributed by atoms with Gasteiger partial charge in [-0.05, 0) is 55.5 Å². The van der Waals surface area contributed by atoms with Crippen LogP contribution < -0.4 is 5.32 Å². The number of aromatic nitrogens is 1. The van der Waals surface area contributed by atoms with E-state index in [4.69, 9.17) is 4.98 Å². The number of fused-ring (bicyclic) bond motifs is 1. The zero-order valence-electron chi connectivity index (χ0n) is 27.5. The van der Waals surface area contributed by atoms with Gasteiger partial charge >= 0.3 is 0 Å². The number of hydrogen-bond acceptors (Lipinski definition) is 7. The molecule has 242 valence electrons. The van der Waals surface area contributed by atoms with Crippen molar-refractivity contribution in [1.29, 1.82) is 0 Å². The summed E-state index contributed by atoms with van der Waals surface area (Å²) in [5, 5.41) is 4.13. The predicted octanol–water partition coefficient (Wildman–Crippen LogP) is 6.22. The van der Waals surface area contributed by atoms with Gasteiger partial charge < -0.3 is 10.2 Å². The van der Waals surface area contributed by atoms with Gasteiger partial charge in [-0.3, -0.25) is 19.3 Å². The van der Waals surface area contributed by atoms with Crippen LogP contribution in [0.3, 0.4) is 0 Å². The van der Waals surface area contributed by atoms with E-state index < -0.39 is 5.92 Å². The van der Waals surface area contributed by atoms with Crippen molar-refractivity contribution in [3.63, 3.8) is 0 Å². The van der Waals surface area contributed by atoms with Crippen LogP contribution in [0.5, 0.6) is 0 Å². The molecule has 2 aromatic carbocycles. The number of rotatable bonds is 17. The van der Waals surface area contributed by atoms with Crippen LogP contribution in [0.2, 0.25) is 0 Å². The summed E-state index contributed by atoms with van der Waals surface area (Å²) in [7, 11) is 2.12. The normalized spacial score (nSPS) is 15.7. The highest BCUT2D eigenvalue weighted by atomic mass is 32.1.